The van der Waals surface area contributed by atoms with Crippen molar-refractivity contribution < 1.29 is 13.2 Å². The summed E-state index contributed by atoms with van der Waals surface area (Å²) in [5.74, 6) is -0.243. The fraction of sp³-hybridized carbons (Fsp3) is 0.480. The molecule has 2 aromatic carbocycles. The first-order chi connectivity index (χ1) is 14.2. The number of halogens is 3. The molecule has 2 unspecified atom stereocenters. The van der Waals surface area contributed by atoms with E-state index in [0.717, 1.165) is 19.2 Å². The van der Waals surface area contributed by atoms with Crippen molar-refractivity contribution in [1.82, 2.24) is 4.90 Å². The van der Waals surface area contributed by atoms with Crippen molar-refractivity contribution in [2.75, 3.05) is 13.1 Å². The number of hydrogen-bond acceptors (Lipinski definition) is 2. The first kappa shape index (κ1) is 24.0. The lowest BCUT2D eigenvalue weighted by atomic mass is 9.68. The van der Waals surface area contributed by atoms with Gasteiger partial charge in [0.05, 0.1) is 17.0 Å². The molecule has 30 heavy (non-hydrogen) atoms. The van der Waals surface area contributed by atoms with Gasteiger partial charge in [-0.15, -0.1) is 0 Å². The molecule has 0 spiro atoms. The summed E-state index contributed by atoms with van der Waals surface area (Å²) in [5.41, 5.74) is -0.585. The topological polar surface area (TPSA) is 27.0 Å². The molecule has 0 saturated carbocycles. The lowest BCUT2D eigenvalue weighted by Crippen LogP contribution is -2.35. The molecule has 0 radical (unpaired) electrons. The van der Waals surface area contributed by atoms with Crippen molar-refractivity contribution in [3.63, 3.8) is 0 Å². The summed E-state index contributed by atoms with van der Waals surface area (Å²) in [6, 6.07) is 18.2. The maximum Gasteiger partial charge on any atom is 0.416 e. The summed E-state index contributed by atoms with van der Waals surface area (Å²) >= 11 is 0. The van der Waals surface area contributed by atoms with Crippen molar-refractivity contribution in [3.05, 3.63) is 71.3 Å². The van der Waals surface area contributed by atoms with Gasteiger partial charge in [-0.05, 0) is 56.0 Å². The number of hydrogen-bond donors (Lipinski definition) is 0. The molecule has 0 amide bonds. The molecular weight excluding hydrogens is 385 g/mol. The predicted octanol–water partition coefficient (Wildman–Crippen LogP) is 6.99. The SMILES string of the molecule is CCN(CCCC(C#N)(c1ccccc1C(F)(F)F)C(C)C)C(C)c1ccccc1. The summed E-state index contributed by atoms with van der Waals surface area (Å²) in [4.78, 5) is 2.30. The quantitative estimate of drug-likeness (QED) is 0.441. The molecule has 0 aromatic heterocycles. The zero-order chi connectivity index (χ0) is 22.4. The summed E-state index contributed by atoms with van der Waals surface area (Å²) in [7, 11) is 0. The van der Waals surface area contributed by atoms with E-state index in [-0.39, 0.29) is 17.5 Å². The Labute approximate surface area is 178 Å². The van der Waals surface area contributed by atoms with Crippen LogP contribution >= 0.6 is 0 Å². The summed E-state index contributed by atoms with van der Waals surface area (Å²) in [6.07, 6.45) is -3.46. The predicted molar refractivity (Wildman–Crippen MR) is 115 cm³/mol. The highest BCUT2D eigenvalue weighted by Gasteiger charge is 2.43. The average molecular weight is 417 g/mol. The molecule has 0 saturated heterocycles. The zero-order valence-corrected chi connectivity index (χ0v) is 18.2. The van der Waals surface area contributed by atoms with Gasteiger partial charge in [0.2, 0.25) is 0 Å². The lowest BCUT2D eigenvalue weighted by molar-refractivity contribution is -0.138. The lowest BCUT2D eigenvalue weighted by Gasteiger charge is -2.35. The Hall–Kier alpha value is -2.32. The normalized spacial score (nSPS) is 15.1. The van der Waals surface area contributed by atoms with Gasteiger partial charge in [0.25, 0.3) is 0 Å². The van der Waals surface area contributed by atoms with Crippen LogP contribution in [0, 0.1) is 17.2 Å². The highest BCUT2D eigenvalue weighted by atomic mass is 19.4. The monoisotopic (exact) mass is 416 g/mol. The summed E-state index contributed by atoms with van der Waals surface area (Å²) < 4.78 is 41.0. The van der Waals surface area contributed by atoms with Crippen LogP contribution in [-0.4, -0.2) is 18.0 Å². The summed E-state index contributed by atoms with van der Waals surface area (Å²) in [5, 5.41) is 10.1. The largest absolute Gasteiger partial charge is 0.416 e. The third kappa shape index (κ3) is 5.23. The van der Waals surface area contributed by atoms with Crippen LogP contribution < -0.4 is 0 Å². The van der Waals surface area contributed by atoms with Gasteiger partial charge in [0, 0.05) is 6.04 Å². The molecule has 2 aromatic rings. The third-order valence-corrected chi connectivity index (χ3v) is 6.15. The Morgan fingerprint density at radius 3 is 2.00 bits per heavy atom. The maximum atomic E-state index is 13.7. The third-order valence-electron chi connectivity index (χ3n) is 6.15. The second kappa shape index (κ2) is 10.1. The van der Waals surface area contributed by atoms with Crippen LogP contribution in [0.2, 0.25) is 0 Å². The first-order valence-electron chi connectivity index (χ1n) is 10.5. The molecule has 0 fully saturated rings. The fourth-order valence-corrected chi connectivity index (χ4v) is 4.23. The van der Waals surface area contributed by atoms with Crippen LogP contribution in [0.4, 0.5) is 13.2 Å². The Balaban J connectivity index is 2.25. The maximum absolute atomic E-state index is 13.7. The number of benzene rings is 2. The van der Waals surface area contributed by atoms with Crippen molar-refractivity contribution in [2.24, 2.45) is 5.92 Å². The van der Waals surface area contributed by atoms with Gasteiger partial charge >= 0.3 is 6.18 Å². The van der Waals surface area contributed by atoms with Crippen molar-refractivity contribution >= 4 is 0 Å². The smallest absolute Gasteiger partial charge is 0.297 e. The number of nitrogens with zero attached hydrogens (tertiary/aromatic N) is 2. The average Bonchev–Trinajstić information content (AvgIpc) is 2.73. The van der Waals surface area contributed by atoms with Crippen LogP contribution in [0.15, 0.2) is 54.6 Å². The van der Waals surface area contributed by atoms with E-state index in [2.05, 4.69) is 36.9 Å². The van der Waals surface area contributed by atoms with Gasteiger partial charge in [0.15, 0.2) is 0 Å². The second-order valence-corrected chi connectivity index (χ2v) is 8.10. The number of alkyl halides is 3. The van der Waals surface area contributed by atoms with E-state index in [1.807, 2.05) is 32.0 Å². The molecule has 0 heterocycles. The molecule has 5 heteroatoms. The molecule has 0 aliphatic carbocycles. The molecule has 0 aliphatic rings. The van der Waals surface area contributed by atoms with Crippen LogP contribution in [0.5, 0.6) is 0 Å². The van der Waals surface area contributed by atoms with Gasteiger partial charge in [-0.3, -0.25) is 4.90 Å². The van der Waals surface area contributed by atoms with Crippen LogP contribution in [0.25, 0.3) is 0 Å². The number of nitriles is 1. The van der Waals surface area contributed by atoms with Gasteiger partial charge in [0.1, 0.15) is 0 Å². The Kier molecular flexibility index (Phi) is 8.09. The highest BCUT2D eigenvalue weighted by molar-refractivity contribution is 5.41. The standard InChI is InChI=1S/C25H31F3N2/c1-5-30(20(4)21-12-7-6-8-13-21)17-11-16-24(18-29,19(2)3)22-14-9-10-15-23(22)25(26,27)28/h6-10,12-15,19-20H,5,11,16-17H2,1-4H3. The molecule has 162 valence electrons. The van der Waals surface area contributed by atoms with Crippen LogP contribution in [-0.2, 0) is 11.6 Å². The minimum atomic E-state index is -4.48. The molecule has 0 N–H and O–H groups in total. The Bertz CT molecular complexity index is 839. The van der Waals surface area contributed by atoms with E-state index in [4.69, 9.17) is 0 Å². The van der Waals surface area contributed by atoms with E-state index in [1.165, 1.54) is 17.7 Å². The van der Waals surface area contributed by atoms with E-state index < -0.39 is 17.2 Å². The molecule has 0 bridgehead atoms. The van der Waals surface area contributed by atoms with Crippen molar-refractivity contribution in [3.8, 4) is 6.07 Å². The fourth-order valence-electron chi connectivity index (χ4n) is 4.23. The van der Waals surface area contributed by atoms with E-state index in [1.54, 1.807) is 6.07 Å². The van der Waals surface area contributed by atoms with Crippen LogP contribution in [0.1, 0.15) is 63.3 Å². The minimum Gasteiger partial charge on any atom is -0.297 e. The van der Waals surface area contributed by atoms with Gasteiger partial charge in [-0.2, -0.15) is 18.4 Å². The minimum absolute atomic E-state index is 0.0918. The second-order valence-electron chi connectivity index (χ2n) is 8.10. The van der Waals surface area contributed by atoms with Crippen LogP contribution in [0.3, 0.4) is 0 Å². The molecule has 2 rings (SSSR count). The zero-order valence-electron chi connectivity index (χ0n) is 18.2. The molecular formula is C25H31F3N2. The first-order valence-corrected chi connectivity index (χ1v) is 10.5. The Morgan fingerprint density at radius 1 is 0.933 bits per heavy atom. The molecule has 0 aliphatic heterocycles. The summed E-state index contributed by atoms with van der Waals surface area (Å²) in [6.45, 7) is 9.44. The van der Waals surface area contributed by atoms with Gasteiger partial charge in [-0.1, -0.05) is 69.3 Å². The van der Waals surface area contributed by atoms with E-state index in [9.17, 15) is 18.4 Å². The van der Waals surface area contributed by atoms with Crippen molar-refractivity contribution in [2.45, 2.75) is 58.2 Å². The van der Waals surface area contributed by atoms with Crippen molar-refractivity contribution in [1.29, 1.82) is 5.26 Å². The van der Waals surface area contributed by atoms with Gasteiger partial charge < -0.3 is 0 Å². The van der Waals surface area contributed by atoms with Gasteiger partial charge in [-0.25, -0.2) is 0 Å². The van der Waals surface area contributed by atoms with E-state index in [0.29, 0.717) is 12.8 Å². The Morgan fingerprint density at radius 2 is 1.50 bits per heavy atom. The molecule has 2 atom stereocenters. The highest BCUT2D eigenvalue weighted by Crippen LogP contribution is 2.43. The molecule has 2 nitrogen and oxygen atoms in total. The number of rotatable bonds is 9. The van der Waals surface area contributed by atoms with E-state index >= 15 is 0 Å².